The van der Waals surface area contributed by atoms with Gasteiger partial charge >= 0.3 is 0 Å². The van der Waals surface area contributed by atoms with Crippen molar-refractivity contribution >= 4 is 32.9 Å². The van der Waals surface area contributed by atoms with Crippen molar-refractivity contribution in [3.8, 4) is 10.4 Å². The minimum Gasteiger partial charge on any atom is -0.249 e. The number of fused-ring (bicyclic) bond motifs is 1. The third-order valence-electron chi connectivity index (χ3n) is 3.50. The second-order valence-corrected chi connectivity index (χ2v) is 7.29. The Labute approximate surface area is 137 Å². The predicted molar refractivity (Wildman–Crippen MR) is 94.6 cm³/mol. The van der Waals surface area contributed by atoms with Crippen molar-refractivity contribution in [3.05, 3.63) is 70.8 Å². The van der Waals surface area contributed by atoms with Crippen LogP contribution < -0.4 is 0 Å². The molecule has 0 bridgehead atoms. The van der Waals surface area contributed by atoms with Gasteiger partial charge in [-0.05, 0) is 17.7 Å². The normalized spacial score (nSPS) is 11.1. The van der Waals surface area contributed by atoms with Crippen LogP contribution in [0.1, 0.15) is 10.0 Å². The molecule has 0 saturated carbocycles. The van der Waals surface area contributed by atoms with Crippen LogP contribution in [0.15, 0.2) is 60.8 Å². The van der Waals surface area contributed by atoms with Crippen molar-refractivity contribution in [3.63, 3.8) is 0 Å². The van der Waals surface area contributed by atoms with Gasteiger partial charge in [0.05, 0.1) is 25.1 Å². The van der Waals surface area contributed by atoms with Crippen molar-refractivity contribution in [2.24, 2.45) is 0 Å². The summed E-state index contributed by atoms with van der Waals surface area (Å²) < 4.78 is 1.27. The Hall–Kier alpha value is -2.04. The third kappa shape index (κ3) is 2.80. The van der Waals surface area contributed by atoms with E-state index in [0.717, 1.165) is 18.4 Å². The Morgan fingerprint density at radius 3 is 2.41 bits per heavy atom. The maximum atomic E-state index is 4.69. The summed E-state index contributed by atoms with van der Waals surface area (Å²) in [5.74, 6) is 0. The first-order valence-electron chi connectivity index (χ1n) is 7.23. The molecular weight excluding hydrogens is 308 g/mol. The number of para-hydroxylation sites is 1. The van der Waals surface area contributed by atoms with Crippen LogP contribution in [0.5, 0.6) is 0 Å². The second kappa shape index (κ2) is 5.99. The van der Waals surface area contributed by atoms with E-state index in [1.165, 1.54) is 25.2 Å². The maximum absolute atomic E-state index is 4.69. The summed E-state index contributed by atoms with van der Waals surface area (Å²) in [6.45, 7) is 0. The lowest BCUT2D eigenvalue weighted by Gasteiger charge is -1.94. The fourth-order valence-corrected chi connectivity index (χ4v) is 4.29. The summed E-state index contributed by atoms with van der Waals surface area (Å²) in [5.41, 5.74) is 2.35. The number of rotatable bonds is 4. The Morgan fingerprint density at radius 2 is 1.55 bits per heavy atom. The monoisotopic (exact) mass is 322 g/mol. The quantitative estimate of drug-likeness (QED) is 0.516. The maximum Gasteiger partial charge on any atom is 0.0942 e. The minimum atomic E-state index is 0.956. The molecule has 0 amide bonds. The van der Waals surface area contributed by atoms with E-state index in [0.29, 0.717) is 0 Å². The highest BCUT2D eigenvalue weighted by Gasteiger charge is 2.07. The standard InChI is InChI=1S/C18H14N2S2/c1-2-6-13(7-3-1)16-12-19-17(22-16)10-11-18-20-14-8-4-5-9-15(14)21-18/h1-9,12H,10-11H2. The van der Waals surface area contributed by atoms with E-state index >= 15 is 0 Å². The number of benzene rings is 2. The largest absolute Gasteiger partial charge is 0.249 e. The summed E-state index contributed by atoms with van der Waals surface area (Å²) in [4.78, 5) is 10.5. The van der Waals surface area contributed by atoms with Gasteiger partial charge in [0, 0.05) is 19.0 Å². The van der Waals surface area contributed by atoms with Gasteiger partial charge in [-0.2, -0.15) is 0 Å². The van der Waals surface area contributed by atoms with E-state index in [-0.39, 0.29) is 0 Å². The lowest BCUT2D eigenvalue weighted by Crippen LogP contribution is -1.88. The van der Waals surface area contributed by atoms with Crippen LogP contribution in [0.3, 0.4) is 0 Å². The Balaban J connectivity index is 1.49. The molecule has 2 heterocycles. The van der Waals surface area contributed by atoms with E-state index < -0.39 is 0 Å². The molecule has 0 saturated heterocycles. The molecule has 22 heavy (non-hydrogen) atoms. The smallest absolute Gasteiger partial charge is 0.0942 e. The Morgan fingerprint density at radius 1 is 0.773 bits per heavy atom. The van der Waals surface area contributed by atoms with Gasteiger partial charge in [0.1, 0.15) is 0 Å². The van der Waals surface area contributed by atoms with Crippen LogP contribution in [0, 0.1) is 0 Å². The molecule has 0 radical (unpaired) electrons. The SMILES string of the molecule is c1ccc(-c2cnc(CCc3nc4ccccc4s3)s2)cc1. The van der Waals surface area contributed by atoms with E-state index in [1.807, 2.05) is 18.3 Å². The van der Waals surface area contributed by atoms with Crippen LogP contribution in [0.4, 0.5) is 0 Å². The van der Waals surface area contributed by atoms with Crippen molar-refractivity contribution in [1.82, 2.24) is 9.97 Å². The van der Waals surface area contributed by atoms with Gasteiger partial charge in [-0.1, -0.05) is 42.5 Å². The van der Waals surface area contributed by atoms with Crippen LogP contribution >= 0.6 is 22.7 Å². The summed E-state index contributed by atoms with van der Waals surface area (Å²) in [5, 5.41) is 2.37. The van der Waals surface area contributed by atoms with Gasteiger partial charge in [0.15, 0.2) is 0 Å². The lowest BCUT2D eigenvalue weighted by molar-refractivity contribution is 0.934. The Bertz CT molecular complexity index is 861. The fourth-order valence-electron chi connectivity index (χ4n) is 2.40. The van der Waals surface area contributed by atoms with Crippen molar-refractivity contribution in [2.75, 3.05) is 0 Å². The molecule has 0 unspecified atom stereocenters. The number of hydrogen-bond acceptors (Lipinski definition) is 4. The molecule has 4 rings (SSSR count). The van der Waals surface area contributed by atoms with Crippen LogP contribution in [0.2, 0.25) is 0 Å². The molecule has 2 nitrogen and oxygen atoms in total. The molecule has 0 N–H and O–H groups in total. The van der Waals surface area contributed by atoms with Gasteiger partial charge in [-0.3, -0.25) is 0 Å². The highest BCUT2D eigenvalue weighted by atomic mass is 32.1. The number of aryl methyl sites for hydroxylation is 2. The zero-order valence-corrected chi connectivity index (χ0v) is 13.5. The topological polar surface area (TPSA) is 25.8 Å². The van der Waals surface area contributed by atoms with Gasteiger partial charge in [-0.25, -0.2) is 9.97 Å². The van der Waals surface area contributed by atoms with E-state index in [9.17, 15) is 0 Å². The van der Waals surface area contributed by atoms with Crippen molar-refractivity contribution in [2.45, 2.75) is 12.8 Å². The Kier molecular flexibility index (Phi) is 3.70. The fraction of sp³-hybridized carbons (Fsp3) is 0.111. The van der Waals surface area contributed by atoms with Gasteiger partial charge < -0.3 is 0 Å². The van der Waals surface area contributed by atoms with Gasteiger partial charge in [-0.15, -0.1) is 22.7 Å². The van der Waals surface area contributed by atoms with Gasteiger partial charge in [0.25, 0.3) is 0 Å². The first-order chi connectivity index (χ1) is 10.9. The molecular formula is C18H14N2S2. The summed E-state index contributed by atoms with van der Waals surface area (Å²) in [6, 6.07) is 18.7. The molecule has 0 aliphatic rings. The average molecular weight is 322 g/mol. The summed E-state index contributed by atoms with van der Waals surface area (Å²) in [7, 11) is 0. The second-order valence-electron chi connectivity index (χ2n) is 5.06. The molecule has 0 spiro atoms. The average Bonchev–Trinajstić information content (AvgIpc) is 3.20. The molecule has 2 aromatic heterocycles. The van der Waals surface area contributed by atoms with E-state index in [2.05, 4.69) is 52.4 Å². The molecule has 4 aromatic rings. The molecule has 0 aliphatic heterocycles. The molecule has 2 aromatic carbocycles. The molecule has 0 atom stereocenters. The zero-order chi connectivity index (χ0) is 14.8. The predicted octanol–water partition coefficient (Wildman–Crippen LogP) is 5.21. The number of hydrogen-bond donors (Lipinski definition) is 0. The number of nitrogens with zero attached hydrogens (tertiary/aromatic N) is 2. The van der Waals surface area contributed by atoms with E-state index in [1.54, 1.807) is 22.7 Å². The van der Waals surface area contributed by atoms with Crippen molar-refractivity contribution in [1.29, 1.82) is 0 Å². The third-order valence-corrected chi connectivity index (χ3v) is 5.71. The first-order valence-corrected chi connectivity index (χ1v) is 8.86. The lowest BCUT2D eigenvalue weighted by atomic mass is 10.2. The molecule has 0 fully saturated rings. The molecule has 0 aliphatic carbocycles. The van der Waals surface area contributed by atoms with Crippen LogP contribution in [-0.2, 0) is 12.8 Å². The number of aromatic nitrogens is 2. The van der Waals surface area contributed by atoms with Gasteiger partial charge in [0.2, 0.25) is 0 Å². The van der Waals surface area contributed by atoms with Crippen LogP contribution in [0.25, 0.3) is 20.7 Å². The zero-order valence-electron chi connectivity index (χ0n) is 11.9. The summed E-state index contributed by atoms with van der Waals surface area (Å²) >= 11 is 3.56. The van der Waals surface area contributed by atoms with Crippen molar-refractivity contribution < 1.29 is 0 Å². The van der Waals surface area contributed by atoms with E-state index in [4.69, 9.17) is 0 Å². The summed E-state index contributed by atoms with van der Waals surface area (Å²) in [6.07, 6.45) is 3.89. The molecule has 4 heteroatoms. The number of thiazole rings is 2. The first kappa shape index (κ1) is 13.6. The highest BCUT2D eigenvalue weighted by Crippen LogP contribution is 2.27. The minimum absolute atomic E-state index is 0.956. The van der Waals surface area contributed by atoms with Crippen LogP contribution in [-0.4, -0.2) is 9.97 Å². The molecule has 108 valence electrons. The highest BCUT2D eigenvalue weighted by molar-refractivity contribution is 7.18.